The molecule has 8 heteroatoms. The zero-order valence-corrected chi connectivity index (χ0v) is 19.0. The van der Waals surface area contributed by atoms with Crippen molar-refractivity contribution in [3.63, 3.8) is 0 Å². The smallest absolute Gasteiger partial charge is 0.178 e. The first-order valence-corrected chi connectivity index (χ1v) is 11.8. The van der Waals surface area contributed by atoms with Crippen LogP contribution in [0.5, 0.6) is 0 Å². The second kappa shape index (κ2) is 8.18. The van der Waals surface area contributed by atoms with Crippen molar-refractivity contribution >= 4 is 22.1 Å². The number of H-pyrrole nitrogens is 2. The van der Waals surface area contributed by atoms with Crippen LogP contribution in [0.4, 0.5) is 0 Å². The van der Waals surface area contributed by atoms with Gasteiger partial charge in [0.15, 0.2) is 11.5 Å². The van der Waals surface area contributed by atoms with Crippen LogP contribution in [0.15, 0.2) is 71.9 Å². The summed E-state index contributed by atoms with van der Waals surface area (Å²) in [6.07, 6.45) is 11.6. The molecule has 1 saturated heterocycles. The van der Waals surface area contributed by atoms with Gasteiger partial charge in [-0.05, 0) is 67.4 Å². The number of benzene rings is 1. The molecule has 0 atom stereocenters. The van der Waals surface area contributed by atoms with Crippen molar-refractivity contribution in [1.82, 2.24) is 35.0 Å². The summed E-state index contributed by atoms with van der Waals surface area (Å²) in [5.74, 6) is 0.674. The second-order valence-corrected chi connectivity index (χ2v) is 9.05. The van der Waals surface area contributed by atoms with E-state index in [9.17, 15) is 0 Å². The highest BCUT2D eigenvalue weighted by Gasteiger charge is 2.17. The van der Waals surface area contributed by atoms with Crippen LogP contribution in [-0.2, 0) is 6.54 Å². The fourth-order valence-electron chi connectivity index (χ4n) is 4.99. The Morgan fingerprint density at radius 1 is 0.971 bits per heavy atom. The molecule has 172 valence electrons. The first kappa shape index (κ1) is 20.1. The van der Waals surface area contributed by atoms with E-state index in [1.54, 1.807) is 18.7 Å². The molecule has 0 amide bonds. The van der Waals surface area contributed by atoms with Gasteiger partial charge < -0.3 is 9.40 Å². The van der Waals surface area contributed by atoms with Crippen molar-refractivity contribution in [3.05, 3.63) is 73.1 Å². The average molecular weight is 462 g/mol. The molecule has 1 fully saturated rings. The number of aromatic amines is 2. The fraction of sp³-hybridized carbons (Fsp3) is 0.185. The lowest BCUT2D eigenvalue weighted by atomic mass is 10.0. The Kier molecular flexibility index (Phi) is 4.70. The maximum atomic E-state index is 5.28. The molecule has 7 rings (SSSR count). The predicted molar refractivity (Wildman–Crippen MR) is 134 cm³/mol. The van der Waals surface area contributed by atoms with E-state index >= 15 is 0 Å². The van der Waals surface area contributed by atoms with Gasteiger partial charge in [0.05, 0.1) is 23.6 Å². The Balaban J connectivity index is 1.28. The summed E-state index contributed by atoms with van der Waals surface area (Å²) >= 11 is 0. The third kappa shape index (κ3) is 3.59. The van der Waals surface area contributed by atoms with Crippen LogP contribution in [-0.4, -0.2) is 48.1 Å². The normalized spacial score (nSPS) is 14.4. The molecule has 1 aliphatic rings. The first-order valence-electron chi connectivity index (χ1n) is 11.8. The van der Waals surface area contributed by atoms with Gasteiger partial charge in [0.25, 0.3) is 0 Å². The Labute approximate surface area is 201 Å². The van der Waals surface area contributed by atoms with Crippen LogP contribution in [0.2, 0.25) is 0 Å². The summed E-state index contributed by atoms with van der Waals surface area (Å²) < 4.78 is 5.28. The molecule has 1 aromatic carbocycles. The van der Waals surface area contributed by atoms with E-state index < -0.39 is 0 Å². The van der Waals surface area contributed by atoms with Crippen molar-refractivity contribution < 1.29 is 4.42 Å². The quantitative estimate of drug-likeness (QED) is 0.356. The highest BCUT2D eigenvalue weighted by Crippen LogP contribution is 2.32. The lowest BCUT2D eigenvalue weighted by Crippen LogP contribution is -2.18. The fourth-order valence-corrected chi connectivity index (χ4v) is 4.99. The molecule has 6 heterocycles. The van der Waals surface area contributed by atoms with Gasteiger partial charge in [0.2, 0.25) is 0 Å². The molecule has 1 aliphatic heterocycles. The van der Waals surface area contributed by atoms with E-state index in [1.165, 1.54) is 31.5 Å². The van der Waals surface area contributed by atoms with Crippen LogP contribution in [0, 0.1) is 0 Å². The number of furan rings is 1. The van der Waals surface area contributed by atoms with E-state index in [0.717, 1.165) is 50.9 Å². The molecule has 0 aliphatic carbocycles. The summed E-state index contributed by atoms with van der Waals surface area (Å²) in [4.78, 5) is 19.7. The number of likely N-dealkylation sites (tertiary alicyclic amines) is 1. The Morgan fingerprint density at radius 2 is 1.91 bits per heavy atom. The Hall–Kier alpha value is -4.30. The summed E-state index contributed by atoms with van der Waals surface area (Å²) in [6, 6.07) is 12.5. The molecule has 8 nitrogen and oxygen atoms in total. The standard InChI is InChI=1S/C27H23N7O/c1-2-9-34(8-1)15-17-11-20(14-28-13-17)18-3-4-23-22(12-18)25(33-32-23)27-30-24-21(19-6-10-35-16-19)5-7-29-26(24)31-27/h3-7,10-14,16H,1-2,8-9,15H2,(H,32,33)(H,29,30,31). The van der Waals surface area contributed by atoms with E-state index in [0.29, 0.717) is 11.5 Å². The zero-order valence-electron chi connectivity index (χ0n) is 19.0. The van der Waals surface area contributed by atoms with Gasteiger partial charge in [-0.15, -0.1) is 0 Å². The number of pyridine rings is 2. The Bertz CT molecular complexity index is 1640. The number of hydrogen-bond acceptors (Lipinski definition) is 6. The lowest BCUT2D eigenvalue weighted by Gasteiger charge is -2.14. The third-order valence-electron chi connectivity index (χ3n) is 6.74. The van der Waals surface area contributed by atoms with Gasteiger partial charge in [-0.1, -0.05) is 6.07 Å². The predicted octanol–water partition coefficient (Wildman–Crippen LogP) is 5.42. The monoisotopic (exact) mass is 461 g/mol. The maximum Gasteiger partial charge on any atom is 0.178 e. The molecule has 35 heavy (non-hydrogen) atoms. The van der Waals surface area contributed by atoms with Crippen LogP contribution in [0.25, 0.3) is 55.8 Å². The third-order valence-corrected chi connectivity index (χ3v) is 6.74. The molecule has 0 unspecified atom stereocenters. The molecule has 6 aromatic rings. The molecule has 0 radical (unpaired) electrons. The van der Waals surface area contributed by atoms with E-state index in [2.05, 4.69) is 54.3 Å². The van der Waals surface area contributed by atoms with E-state index in [4.69, 9.17) is 9.40 Å². The van der Waals surface area contributed by atoms with Crippen molar-refractivity contribution in [2.75, 3.05) is 13.1 Å². The molecular weight excluding hydrogens is 438 g/mol. The number of nitrogens with one attached hydrogen (secondary N) is 2. The first-order chi connectivity index (χ1) is 17.3. The second-order valence-electron chi connectivity index (χ2n) is 9.05. The van der Waals surface area contributed by atoms with Crippen LogP contribution < -0.4 is 0 Å². The zero-order chi connectivity index (χ0) is 23.2. The highest BCUT2D eigenvalue weighted by molar-refractivity contribution is 5.97. The number of imidazole rings is 1. The van der Waals surface area contributed by atoms with Crippen molar-refractivity contribution in [2.45, 2.75) is 19.4 Å². The van der Waals surface area contributed by atoms with Gasteiger partial charge in [-0.25, -0.2) is 9.97 Å². The van der Waals surface area contributed by atoms with Crippen LogP contribution in [0.3, 0.4) is 0 Å². The molecule has 0 saturated carbocycles. The summed E-state index contributed by atoms with van der Waals surface area (Å²) in [5, 5.41) is 8.73. The summed E-state index contributed by atoms with van der Waals surface area (Å²) in [7, 11) is 0. The van der Waals surface area contributed by atoms with Crippen LogP contribution in [0.1, 0.15) is 18.4 Å². The topological polar surface area (TPSA) is 99.5 Å². The highest BCUT2D eigenvalue weighted by atomic mass is 16.3. The molecule has 0 spiro atoms. The minimum atomic E-state index is 0.643. The lowest BCUT2D eigenvalue weighted by molar-refractivity contribution is 0.331. The van der Waals surface area contributed by atoms with Crippen molar-refractivity contribution in [2.24, 2.45) is 0 Å². The number of aromatic nitrogens is 6. The molecular formula is C27H23N7O. The minimum Gasteiger partial charge on any atom is -0.472 e. The summed E-state index contributed by atoms with van der Waals surface area (Å²) in [5.41, 5.74) is 8.62. The van der Waals surface area contributed by atoms with Gasteiger partial charge in [-0.3, -0.25) is 15.0 Å². The number of nitrogens with zero attached hydrogens (tertiary/aromatic N) is 5. The molecule has 0 bridgehead atoms. The maximum absolute atomic E-state index is 5.28. The number of fused-ring (bicyclic) bond motifs is 2. The molecule has 5 aromatic heterocycles. The summed E-state index contributed by atoms with van der Waals surface area (Å²) in [6.45, 7) is 3.29. The van der Waals surface area contributed by atoms with Gasteiger partial charge >= 0.3 is 0 Å². The van der Waals surface area contributed by atoms with Gasteiger partial charge in [0.1, 0.15) is 5.69 Å². The number of hydrogen-bond donors (Lipinski definition) is 2. The van der Waals surface area contributed by atoms with Gasteiger partial charge in [-0.2, -0.15) is 5.10 Å². The largest absolute Gasteiger partial charge is 0.472 e. The van der Waals surface area contributed by atoms with E-state index in [-0.39, 0.29) is 0 Å². The van der Waals surface area contributed by atoms with Crippen LogP contribution >= 0.6 is 0 Å². The minimum absolute atomic E-state index is 0.643. The SMILES string of the molecule is c1cc(-c2ccoc2)c2[nH]c(-c3n[nH]c4ccc(-c5cncc(CN6CCCC6)c5)cc34)nc2n1. The van der Waals surface area contributed by atoms with Crippen molar-refractivity contribution in [1.29, 1.82) is 0 Å². The van der Waals surface area contributed by atoms with Crippen molar-refractivity contribution in [3.8, 4) is 33.8 Å². The average Bonchev–Trinajstić information content (AvgIpc) is 3.70. The van der Waals surface area contributed by atoms with Gasteiger partial charge in [0, 0.05) is 47.2 Å². The van der Waals surface area contributed by atoms with E-state index in [1.807, 2.05) is 24.5 Å². The number of rotatable bonds is 5. The molecule has 2 N–H and O–H groups in total. The Morgan fingerprint density at radius 3 is 2.80 bits per heavy atom.